The molecule has 0 spiro atoms. The smallest absolute Gasteiger partial charge is 0.00892 e. The zero-order valence-corrected chi connectivity index (χ0v) is 6.30. The van der Waals surface area contributed by atoms with Gasteiger partial charge < -0.3 is 0 Å². The average Bonchev–Trinajstić information content (AvgIpc) is 2.50. The van der Waals surface area contributed by atoms with Gasteiger partial charge in [0, 0.05) is 5.92 Å². The molecular formula is C10H12. The first-order chi connectivity index (χ1) is 4.92. The fraction of sp³-hybridized carbons (Fsp3) is 0.400. The molecule has 0 aromatic carbocycles. The standard InChI is InChI=1S/C10H12/c1-2-3-10-8-4-5-9(10)7-6-8/h4-7,10H,2-3H2,1H3. The lowest BCUT2D eigenvalue weighted by molar-refractivity contribution is 0.669. The number of fused-ring (bicyclic) bond motifs is 2. The van der Waals surface area contributed by atoms with Crippen LogP contribution in [0.2, 0.25) is 0 Å². The molecule has 10 heavy (non-hydrogen) atoms. The number of hydrogen-bond acceptors (Lipinski definition) is 0. The molecule has 0 saturated carbocycles. The van der Waals surface area contributed by atoms with Crippen molar-refractivity contribution in [2.24, 2.45) is 5.92 Å². The lowest BCUT2D eigenvalue weighted by atomic mass is 9.97. The Bertz CT molecular complexity index is 206. The number of hydrogen-bond donors (Lipinski definition) is 0. The highest BCUT2D eigenvalue weighted by Crippen LogP contribution is 2.37. The molecule has 0 heterocycles. The van der Waals surface area contributed by atoms with Crippen LogP contribution in [0.25, 0.3) is 0 Å². The van der Waals surface area contributed by atoms with Gasteiger partial charge in [-0.05, 0) is 17.6 Å². The van der Waals surface area contributed by atoms with Crippen molar-refractivity contribution in [2.45, 2.75) is 19.8 Å². The van der Waals surface area contributed by atoms with Crippen molar-refractivity contribution in [1.82, 2.24) is 0 Å². The van der Waals surface area contributed by atoms with E-state index in [4.69, 9.17) is 0 Å². The second-order valence-electron chi connectivity index (χ2n) is 3.01. The molecule has 2 rings (SSSR count). The van der Waals surface area contributed by atoms with Crippen LogP contribution in [0.15, 0.2) is 35.5 Å². The van der Waals surface area contributed by atoms with Crippen molar-refractivity contribution < 1.29 is 0 Å². The van der Waals surface area contributed by atoms with E-state index < -0.39 is 0 Å². The minimum absolute atomic E-state index is 0.769. The summed E-state index contributed by atoms with van der Waals surface area (Å²) in [7, 11) is 0. The summed E-state index contributed by atoms with van der Waals surface area (Å²) >= 11 is 0. The summed E-state index contributed by atoms with van der Waals surface area (Å²) in [5.41, 5.74) is 3.05. The van der Waals surface area contributed by atoms with Gasteiger partial charge in [-0.15, -0.1) is 0 Å². The molecule has 0 heteroatoms. The van der Waals surface area contributed by atoms with Crippen molar-refractivity contribution in [2.75, 3.05) is 0 Å². The molecular weight excluding hydrogens is 120 g/mol. The monoisotopic (exact) mass is 132 g/mol. The maximum absolute atomic E-state index is 2.25. The Hall–Kier alpha value is -0.780. The van der Waals surface area contributed by atoms with Crippen LogP contribution >= 0.6 is 0 Å². The van der Waals surface area contributed by atoms with Gasteiger partial charge in [-0.1, -0.05) is 37.6 Å². The first-order valence-corrected chi connectivity index (χ1v) is 4.01. The van der Waals surface area contributed by atoms with Crippen molar-refractivity contribution in [3.05, 3.63) is 35.5 Å². The van der Waals surface area contributed by atoms with Gasteiger partial charge in [0.25, 0.3) is 0 Å². The molecule has 0 atom stereocenters. The van der Waals surface area contributed by atoms with Crippen LogP contribution in [0.4, 0.5) is 0 Å². The highest BCUT2D eigenvalue weighted by Gasteiger charge is 2.22. The molecule has 0 aromatic heterocycles. The normalized spacial score (nSPS) is 21.7. The van der Waals surface area contributed by atoms with Gasteiger partial charge in [-0.3, -0.25) is 0 Å². The maximum Gasteiger partial charge on any atom is 0.00892 e. The van der Waals surface area contributed by atoms with Gasteiger partial charge in [-0.25, -0.2) is 0 Å². The summed E-state index contributed by atoms with van der Waals surface area (Å²) in [5, 5.41) is 0. The van der Waals surface area contributed by atoms with Gasteiger partial charge in [-0.2, -0.15) is 0 Å². The zero-order chi connectivity index (χ0) is 6.97. The van der Waals surface area contributed by atoms with Crippen molar-refractivity contribution in [3.8, 4) is 0 Å². The van der Waals surface area contributed by atoms with E-state index in [-0.39, 0.29) is 0 Å². The Morgan fingerprint density at radius 1 is 1.20 bits per heavy atom. The molecule has 2 aliphatic rings. The van der Waals surface area contributed by atoms with Gasteiger partial charge >= 0.3 is 0 Å². The molecule has 2 bridgehead atoms. The van der Waals surface area contributed by atoms with Crippen LogP contribution in [-0.2, 0) is 0 Å². The van der Waals surface area contributed by atoms with E-state index >= 15 is 0 Å². The number of allylic oxidation sites excluding steroid dienone is 6. The van der Waals surface area contributed by atoms with Crippen LogP contribution < -0.4 is 0 Å². The topological polar surface area (TPSA) is 0 Å². The molecule has 0 nitrogen and oxygen atoms in total. The Morgan fingerprint density at radius 3 is 2.20 bits per heavy atom. The van der Waals surface area contributed by atoms with Crippen LogP contribution in [-0.4, -0.2) is 0 Å². The summed E-state index contributed by atoms with van der Waals surface area (Å²) in [6.07, 6.45) is 11.6. The summed E-state index contributed by atoms with van der Waals surface area (Å²) in [4.78, 5) is 0. The number of rotatable bonds is 2. The van der Waals surface area contributed by atoms with Gasteiger partial charge in [0.2, 0.25) is 0 Å². The van der Waals surface area contributed by atoms with Crippen LogP contribution in [0, 0.1) is 5.92 Å². The zero-order valence-electron chi connectivity index (χ0n) is 6.30. The molecule has 0 unspecified atom stereocenters. The molecule has 0 saturated heterocycles. The predicted molar refractivity (Wildman–Crippen MR) is 43.7 cm³/mol. The van der Waals surface area contributed by atoms with E-state index in [0.717, 1.165) is 5.92 Å². The third kappa shape index (κ3) is 0.683. The second kappa shape index (κ2) is 2.12. The minimum Gasteiger partial charge on any atom is -0.0653 e. The first kappa shape index (κ1) is 5.96. The van der Waals surface area contributed by atoms with Crippen LogP contribution in [0.3, 0.4) is 0 Å². The minimum atomic E-state index is 0.769. The first-order valence-electron chi connectivity index (χ1n) is 4.01. The molecule has 0 fully saturated rings. The second-order valence-corrected chi connectivity index (χ2v) is 3.01. The summed E-state index contributed by atoms with van der Waals surface area (Å²) in [6, 6.07) is 0. The molecule has 0 aliphatic heterocycles. The largest absolute Gasteiger partial charge is 0.0653 e. The van der Waals surface area contributed by atoms with E-state index in [1.807, 2.05) is 0 Å². The van der Waals surface area contributed by atoms with Gasteiger partial charge in [0.15, 0.2) is 0 Å². The SMILES string of the molecule is CCCC1C2=CC=C1C=C2. The maximum atomic E-state index is 2.25. The predicted octanol–water partition coefficient (Wildman–Crippen LogP) is 2.84. The van der Waals surface area contributed by atoms with E-state index in [1.165, 1.54) is 24.0 Å². The third-order valence-corrected chi connectivity index (χ3v) is 2.32. The van der Waals surface area contributed by atoms with Crippen LogP contribution in [0.1, 0.15) is 19.8 Å². The van der Waals surface area contributed by atoms with Crippen molar-refractivity contribution in [3.63, 3.8) is 0 Å². The molecule has 0 amide bonds. The lowest BCUT2D eigenvalue weighted by Gasteiger charge is -2.07. The Kier molecular flexibility index (Phi) is 1.26. The highest BCUT2D eigenvalue weighted by atomic mass is 14.3. The van der Waals surface area contributed by atoms with Gasteiger partial charge in [0.05, 0.1) is 0 Å². The molecule has 0 radical (unpaired) electrons. The lowest BCUT2D eigenvalue weighted by Crippen LogP contribution is -1.94. The van der Waals surface area contributed by atoms with Crippen LogP contribution in [0.5, 0.6) is 0 Å². The Morgan fingerprint density at radius 2 is 1.80 bits per heavy atom. The van der Waals surface area contributed by atoms with E-state index in [2.05, 4.69) is 31.2 Å². The average molecular weight is 132 g/mol. The van der Waals surface area contributed by atoms with Crippen molar-refractivity contribution >= 4 is 0 Å². The van der Waals surface area contributed by atoms with E-state index in [0.29, 0.717) is 0 Å². The van der Waals surface area contributed by atoms with Crippen molar-refractivity contribution in [1.29, 1.82) is 0 Å². The molecule has 0 N–H and O–H groups in total. The van der Waals surface area contributed by atoms with E-state index in [1.54, 1.807) is 0 Å². The highest BCUT2D eigenvalue weighted by molar-refractivity contribution is 5.52. The fourth-order valence-corrected chi connectivity index (χ4v) is 1.78. The Balaban J connectivity index is 2.17. The molecule has 2 aliphatic carbocycles. The summed E-state index contributed by atoms with van der Waals surface area (Å²) in [5.74, 6) is 0.769. The quantitative estimate of drug-likeness (QED) is 0.542. The molecule has 52 valence electrons. The van der Waals surface area contributed by atoms with Gasteiger partial charge in [0.1, 0.15) is 0 Å². The Labute approximate surface area is 61.9 Å². The summed E-state index contributed by atoms with van der Waals surface area (Å²) < 4.78 is 0. The fourth-order valence-electron chi connectivity index (χ4n) is 1.78. The van der Waals surface area contributed by atoms with E-state index in [9.17, 15) is 0 Å². The summed E-state index contributed by atoms with van der Waals surface area (Å²) in [6.45, 7) is 2.25. The third-order valence-electron chi connectivity index (χ3n) is 2.32. The molecule has 0 aromatic rings.